The van der Waals surface area contributed by atoms with Crippen molar-refractivity contribution in [1.82, 2.24) is 4.98 Å². The predicted octanol–water partition coefficient (Wildman–Crippen LogP) is 3.11. The molecule has 2 aromatic rings. The summed E-state index contributed by atoms with van der Waals surface area (Å²) in [6, 6.07) is 6.11. The van der Waals surface area contributed by atoms with E-state index in [9.17, 15) is 13.6 Å². The van der Waals surface area contributed by atoms with Gasteiger partial charge in [-0.25, -0.2) is 9.78 Å². The van der Waals surface area contributed by atoms with Crippen molar-refractivity contribution in [1.29, 1.82) is 0 Å². The molecular weight excluding hydrogens is 264 g/mol. The molecule has 0 atom stereocenters. The molecule has 18 heavy (non-hydrogen) atoms. The molecule has 0 saturated carbocycles. The van der Waals surface area contributed by atoms with Gasteiger partial charge in [0, 0.05) is 5.38 Å². The number of nitrogens with zero attached hydrogens (tertiary/aromatic N) is 1. The molecule has 0 amide bonds. The lowest BCUT2D eigenvalue weighted by Gasteiger charge is -2.07. The van der Waals surface area contributed by atoms with E-state index in [1.807, 2.05) is 0 Å². The summed E-state index contributed by atoms with van der Waals surface area (Å²) in [7, 11) is 0. The number of aromatic nitrogens is 1. The van der Waals surface area contributed by atoms with Crippen LogP contribution in [0.25, 0.3) is 10.6 Å². The smallest absolute Gasteiger partial charge is 0.387 e. The van der Waals surface area contributed by atoms with Crippen LogP contribution >= 0.6 is 11.3 Å². The molecule has 0 unspecified atom stereocenters. The van der Waals surface area contributed by atoms with E-state index < -0.39 is 12.6 Å². The minimum atomic E-state index is -2.94. The zero-order valence-corrected chi connectivity index (χ0v) is 9.66. The molecule has 4 nitrogen and oxygen atoms in total. The first-order chi connectivity index (χ1) is 8.58. The number of rotatable bonds is 4. The molecule has 0 bridgehead atoms. The summed E-state index contributed by atoms with van der Waals surface area (Å²) < 4.78 is 28.8. The highest BCUT2D eigenvalue weighted by atomic mass is 32.1. The molecule has 1 heterocycles. The lowest BCUT2D eigenvalue weighted by atomic mass is 10.2. The van der Waals surface area contributed by atoms with Crippen LogP contribution in [0.2, 0.25) is 0 Å². The molecule has 7 heteroatoms. The fraction of sp³-hybridized carbons (Fsp3) is 0.0909. The van der Waals surface area contributed by atoms with Crippen molar-refractivity contribution in [3.8, 4) is 16.3 Å². The topological polar surface area (TPSA) is 59.4 Å². The minimum absolute atomic E-state index is 0.0289. The van der Waals surface area contributed by atoms with E-state index in [1.165, 1.54) is 11.4 Å². The Balaban J connectivity index is 2.39. The highest BCUT2D eigenvalue weighted by Gasteiger charge is 2.15. The molecule has 0 fully saturated rings. The van der Waals surface area contributed by atoms with Crippen molar-refractivity contribution < 1.29 is 23.4 Å². The normalized spacial score (nSPS) is 10.6. The average Bonchev–Trinajstić information content (AvgIpc) is 2.78. The van der Waals surface area contributed by atoms with E-state index >= 15 is 0 Å². The third-order valence-electron chi connectivity index (χ3n) is 2.06. The van der Waals surface area contributed by atoms with Gasteiger partial charge in [-0.05, 0) is 12.1 Å². The first kappa shape index (κ1) is 12.4. The molecule has 1 N–H and O–H groups in total. The van der Waals surface area contributed by atoms with E-state index in [1.54, 1.807) is 18.2 Å². The van der Waals surface area contributed by atoms with Gasteiger partial charge < -0.3 is 9.84 Å². The molecule has 1 aromatic heterocycles. The van der Waals surface area contributed by atoms with E-state index in [-0.39, 0.29) is 11.4 Å². The second-order valence-corrected chi connectivity index (χ2v) is 4.08. The summed E-state index contributed by atoms with van der Waals surface area (Å²) in [5, 5.41) is 10.4. The Hall–Kier alpha value is -2.02. The number of carboxylic acids is 1. The van der Waals surface area contributed by atoms with E-state index in [0.29, 0.717) is 10.6 Å². The maximum atomic E-state index is 12.2. The highest BCUT2D eigenvalue weighted by Crippen LogP contribution is 2.32. The van der Waals surface area contributed by atoms with Gasteiger partial charge >= 0.3 is 12.6 Å². The van der Waals surface area contributed by atoms with Crippen LogP contribution in [-0.4, -0.2) is 22.7 Å². The lowest BCUT2D eigenvalue weighted by molar-refractivity contribution is -0.0494. The van der Waals surface area contributed by atoms with Gasteiger partial charge in [0.05, 0.1) is 5.56 Å². The second kappa shape index (κ2) is 5.09. The van der Waals surface area contributed by atoms with Crippen molar-refractivity contribution in [3.05, 3.63) is 35.3 Å². The third-order valence-corrected chi connectivity index (χ3v) is 2.93. The summed E-state index contributed by atoms with van der Waals surface area (Å²) in [5.41, 5.74) is 0.220. The molecular formula is C11H7F2NO3S. The Bertz CT molecular complexity index is 571. The summed E-state index contributed by atoms with van der Waals surface area (Å²) in [4.78, 5) is 14.5. The van der Waals surface area contributed by atoms with Gasteiger partial charge in [0.25, 0.3) is 0 Å². The van der Waals surface area contributed by atoms with Crippen molar-refractivity contribution in [2.75, 3.05) is 0 Å². The molecule has 0 spiro atoms. The summed E-state index contributed by atoms with van der Waals surface area (Å²) in [5.74, 6) is -1.19. The van der Waals surface area contributed by atoms with Crippen LogP contribution in [-0.2, 0) is 0 Å². The number of hydrogen-bond donors (Lipinski definition) is 1. The zero-order valence-electron chi connectivity index (χ0n) is 8.84. The highest BCUT2D eigenvalue weighted by molar-refractivity contribution is 7.13. The van der Waals surface area contributed by atoms with Crippen LogP contribution in [0.4, 0.5) is 8.78 Å². The van der Waals surface area contributed by atoms with Crippen LogP contribution in [0.15, 0.2) is 29.6 Å². The Morgan fingerprint density at radius 2 is 2.11 bits per heavy atom. The number of hydrogen-bond acceptors (Lipinski definition) is 4. The van der Waals surface area contributed by atoms with Crippen LogP contribution < -0.4 is 4.74 Å². The Labute approximate surface area is 104 Å². The number of carboxylic acid groups (broad SMARTS) is 1. The molecule has 0 aliphatic carbocycles. The molecule has 1 aromatic carbocycles. The number of carbonyl (C=O) groups is 1. The Morgan fingerprint density at radius 3 is 2.72 bits per heavy atom. The second-order valence-electron chi connectivity index (χ2n) is 3.22. The van der Waals surface area contributed by atoms with Gasteiger partial charge in [0.1, 0.15) is 10.8 Å². The Kier molecular flexibility index (Phi) is 3.52. The van der Waals surface area contributed by atoms with Crippen LogP contribution in [0.3, 0.4) is 0 Å². The number of ether oxygens (including phenoxy) is 1. The quantitative estimate of drug-likeness (QED) is 0.928. The standard InChI is InChI=1S/C11H7F2NO3S/c12-11(13)17-8-4-2-1-3-6(8)9-14-7(5-18-9)10(15)16/h1-5,11H,(H,15,16). The molecule has 0 saturated heterocycles. The van der Waals surface area contributed by atoms with Crippen molar-refractivity contribution >= 4 is 17.3 Å². The number of benzene rings is 1. The SMILES string of the molecule is O=C(O)c1csc(-c2ccccc2OC(F)F)n1. The molecule has 0 radical (unpaired) electrons. The van der Waals surface area contributed by atoms with Crippen LogP contribution in [0.5, 0.6) is 5.75 Å². The molecule has 0 aliphatic rings. The average molecular weight is 271 g/mol. The maximum absolute atomic E-state index is 12.2. The molecule has 0 aliphatic heterocycles. The van der Waals surface area contributed by atoms with Crippen molar-refractivity contribution in [2.24, 2.45) is 0 Å². The van der Waals surface area contributed by atoms with Gasteiger partial charge in [-0.1, -0.05) is 12.1 Å². The Morgan fingerprint density at radius 1 is 1.39 bits per heavy atom. The van der Waals surface area contributed by atoms with Gasteiger partial charge in [-0.3, -0.25) is 0 Å². The largest absolute Gasteiger partial charge is 0.476 e. The van der Waals surface area contributed by atoms with Crippen LogP contribution in [0.1, 0.15) is 10.5 Å². The number of halogens is 2. The fourth-order valence-corrected chi connectivity index (χ4v) is 2.16. The van der Waals surface area contributed by atoms with Gasteiger partial charge in [0.2, 0.25) is 0 Å². The monoisotopic (exact) mass is 271 g/mol. The summed E-state index contributed by atoms with van der Waals surface area (Å²) >= 11 is 1.06. The fourth-order valence-electron chi connectivity index (χ4n) is 1.34. The minimum Gasteiger partial charge on any atom is -0.476 e. The number of thiazole rings is 1. The number of alkyl halides is 2. The van der Waals surface area contributed by atoms with Crippen LogP contribution in [0, 0.1) is 0 Å². The zero-order chi connectivity index (χ0) is 13.1. The first-order valence-electron chi connectivity index (χ1n) is 4.81. The van der Waals surface area contributed by atoms with Crippen molar-refractivity contribution in [2.45, 2.75) is 6.61 Å². The van der Waals surface area contributed by atoms with E-state index in [4.69, 9.17) is 5.11 Å². The summed E-state index contributed by atoms with van der Waals surface area (Å²) in [6.07, 6.45) is 0. The van der Waals surface area contributed by atoms with E-state index in [0.717, 1.165) is 11.3 Å². The summed E-state index contributed by atoms with van der Waals surface area (Å²) in [6.45, 7) is -2.94. The van der Waals surface area contributed by atoms with E-state index in [2.05, 4.69) is 9.72 Å². The lowest BCUT2D eigenvalue weighted by Crippen LogP contribution is -2.03. The number of para-hydroxylation sites is 1. The van der Waals surface area contributed by atoms with Gasteiger partial charge in [0.15, 0.2) is 5.69 Å². The third kappa shape index (κ3) is 2.62. The first-order valence-corrected chi connectivity index (χ1v) is 5.69. The maximum Gasteiger partial charge on any atom is 0.387 e. The number of aromatic carboxylic acids is 1. The van der Waals surface area contributed by atoms with Gasteiger partial charge in [-0.15, -0.1) is 11.3 Å². The molecule has 2 rings (SSSR count). The van der Waals surface area contributed by atoms with Crippen molar-refractivity contribution in [3.63, 3.8) is 0 Å². The van der Waals surface area contributed by atoms with Gasteiger partial charge in [-0.2, -0.15) is 8.78 Å². The predicted molar refractivity (Wildman–Crippen MR) is 61.1 cm³/mol. The molecule has 94 valence electrons.